The third-order valence-corrected chi connectivity index (χ3v) is 4.73. The zero-order valence-corrected chi connectivity index (χ0v) is 14.9. The third-order valence-electron chi connectivity index (χ3n) is 3.96. The molecule has 0 saturated heterocycles. The van der Waals surface area contributed by atoms with E-state index in [2.05, 4.69) is 16.9 Å². The molecule has 0 aromatic rings. The van der Waals surface area contributed by atoms with Crippen LogP contribution in [0.25, 0.3) is 10.4 Å². The summed E-state index contributed by atoms with van der Waals surface area (Å²) in [5, 5.41) is 2.39. The molecule has 5 nitrogen and oxygen atoms in total. The highest BCUT2D eigenvalue weighted by molar-refractivity contribution is 7.79. The molecule has 0 amide bonds. The zero-order chi connectivity index (χ0) is 16.5. The van der Waals surface area contributed by atoms with Gasteiger partial charge in [-0.25, -0.2) is 0 Å². The molecule has 0 fully saturated rings. The summed E-state index contributed by atoms with van der Waals surface area (Å²) in [6.45, 7) is 2.25. The van der Waals surface area contributed by atoms with E-state index in [0.717, 1.165) is 19.3 Å². The van der Waals surface area contributed by atoms with Crippen LogP contribution in [-0.2, 0) is 11.1 Å². The summed E-state index contributed by atoms with van der Waals surface area (Å²) in [6.07, 6.45) is 16.8. The SMILES string of the molecule is CCCCCCCCCCCCCCCC(N=[N+]=[N-])S(=O)[O-]. The van der Waals surface area contributed by atoms with E-state index in [0.29, 0.717) is 6.42 Å². The predicted octanol–water partition coefficient (Wildman–Crippen LogP) is 5.98. The first-order valence-corrected chi connectivity index (χ1v) is 9.98. The van der Waals surface area contributed by atoms with Gasteiger partial charge in [-0.2, -0.15) is 0 Å². The zero-order valence-electron chi connectivity index (χ0n) is 14.0. The topological polar surface area (TPSA) is 88.9 Å². The number of hydrogen-bond donors (Lipinski definition) is 0. The second-order valence-corrected chi connectivity index (χ2v) is 7.02. The van der Waals surface area contributed by atoms with Crippen LogP contribution in [0, 0.1) is 0 Å². The Morgan fingerprint density at radius 1 is 0.909 bits per heavy atom. The van der Waals surface area contributed by atoms with Gasteiger partial charge in [0, 0.05) is 4.91 Å². The van der Waals surface area contributed by atoms with E-state index in [1.54, 1.807) is 0 Å². The fourth-order valence-electron chi connectivity index (χ4n) is 2.59. The van der Waals surface area contributed by atoms with Gasteiger partial charge in [-0.15, -0.1) is 0 Å². The lowest BCUT2D eigenvalue weighted by atomic mass is 10.0. The van der Waals surface area contributed by atoms with Gasteiger partial charge in [-0.05, 0) is 23.0 Å². The van der Waals surface area contributed by atoms with Crippen LogP contribution < -0.4 is 0 Å². The molecule has 0 aliphatic rings. The minimum atomic E-state index is -2.29. The normalized spacial score (nSPS) is 13.5. The molecule has 0 bridgehead atoms. The van der Waals surface area contributed by atoms with Gasteiger partial charge in [0.25, 0.3) is 0 Å². The van der Waals surface area contributed by atoms with E-state index in [1.807, 2.05) is 0 Å². The average Bonchev–Trinajstić information content (AvgIpc) is 2.50. The van der Waals surface area contributed by atoms with Crippen molar-refractivity contribution in [1.82, 2.24) is 0 Å². The fraction of sp³-hybridized carbons (Fsp3) is 1.00. The highest BCUT2D eigenvalue weighted by atomic mass is 32.2. The number of nitrogens with zero attached hydrogens (tertiary/aromatic N) is 3. The Labute approximate surface area is 138 Å². The van der Waals surface area contributed by atoms with Gasteiger partial charge in [0.05, 0.1) is 0 Å². The van der Waals surface area contributed by atoms with Gasteiger partial charge in [-0.1, -0.05) is 95.5 Å². The molecule has 0 heterocycles. The Kier molecular flexibility index (Phi) is 16.3. The largest absolute Gasteiger partial charge is 0.772 e. The van der Waals surface area contributed by atoms with Gasteiger partial charge in [-0.3, -0.25) is 4.21 Å². The van der Waals surface area contributed by atoms with Gasteiger partial charge < -0.3 is 4.55 Å². The van der Waals surface area contributed by atoms with E-state index in [1.165, 1.54) is 64.2 Å². The van der Waals surface area contributed by atoms with Gasteiger partial charge >= 0.3 is 0 Å². The molecule has 0 aliphatic heterocycles. The highest BCUT2D eigenvalue weighted by Gasteiger charge is 2.05. The Morgan fingerprint density at radius 2 is 1.32 bits per heavy atom. The van der Waals surface area contributed by atoms with Gasteiger partial charge in [0.2, 0.25) is 0 Å². The van der Waals surface area contributed by atoms with Crippen molar-refractivity contribution < 1.29 is 8.76 Å². The lowest BCUT2D eigenvalue weighted by molar-refractivity contribution is 0.504. The third kappa shape index (κ3) is 14.4. The van der Waals surface area contributed by atoms with Gasteiger partial charge in [0.1, 0.15) is 5.37 Å². The first-order chi connectivity index (χ1) is 10.7. The first-order valence-electron chi connectivity index (χ1n) is 8.84. The summed E-state index contributed by atoms with van der Waals surface area (Å²) in [5.74, 6) is 0. The predicted molar refractivity (Wildman–Crippen MR) is 92.2 cm³/mol. The van der Waals surface area contributed by atoms with Crippen molar-refractivity contribution in [2.45, 2.75) is 102 Å². The smallest absolute Gasteiger partial charge is 0.100 e. The van der Waals surface area contributed by atoms with E-state index >= 15 is 0 Å². The van der Waals surface area contributed by atoms with E-state index < -0.39 is 16.5 Å². The Balaban J connectivity index is 3.26. The first kappa shape index (κ1) is 21.4. The highest BCUT2D eigenvalue weighted by Crippen LogP contribution is 2.14. The molecule has 2 unspecified atom stereocenters. The second-order valence-electron chi connectivity index (χ2n) is 5.95. The van der Waals surface area contributed by atoms with Crippen LogP contribution >= 0.6 is 0 Å². The number of unbranched alkanes of at least 4 members (excludes halogenated alkanes) is 12. The van der Waals surface area contributed by atoms with E-state index in [-0.39, 0.29) is 0 Å². The Bertz CT molecular complexity index is 319. The average molecular weight is 331 g/mol. The molecule has 0 aromatic carbocycles. The molecule has 0 radical (unpaired) electrons. The summed E-state index contributed by atoms with van der Waals surface area (Å²) in [5.41, 5.74) is 8.27. The summed E-state index contributed by atoms with van der Waals surface area (Å²) < 4.78 is 21.5. The van der Waals surface area contributed by atoms with Crippen LogP contribution in [-0.4, -0.2) is 14.1 Å². The molecular weight excluding hydrogens is 298 g/mol. The number of hydrogen-bond acceptors (Lipinski definition) is 3. The summed E-state index contributed by atoms with van der Waals surface area (Å²) >= 11 is -2.29. The number of azide groups is 1. The Morgan fingerprint density at radius 3 is 1.68 bits per heavy atom. The maximum absolute atomic E-state index is 10.8. The van der Waals surface area contributed by atoms with Crippen molar-refractivity contribution in [3.8, 4) is 0 Å². The van der Waals surface area contributed by atoms with Crippen molar-refractivity contribution in [3.05, 3.63) is 10.4 Å². The molecule has 0 aliphatic carbocycles. The van der Waals surface area contributed by atoms with Gasteiger partial charge in [0.15, 0.2) is 0 Å². The number of rotatable bonds is 16. The van der Waals surface area contributed by atoms with Crippen LogP contribution in [0.3, 0.4) is 0 Å². The standard InChI is InChI=1S/C16H33N3O2S/c1-2-3-4-5-6-7-8-9-10-11-12-13-14-15-16(18-19-17)22(20)21/h16H,2-15H2,1H3,(H,20,21)/p-1. The molecule has 0 rings (SSSR count). The maximum atomic E-state index is 10.8. The molecule has 0 N–H and O–H groups in total. The quantitative estimate of drug-likeness (QED) is 0.114. The minimum absolute atomic E-state index is 0.442. The van der Waals surface area contributed by atoms with Crippen molar-refractivity contribution in [2.75, 3.05) is 0 Å². The Hall–Kier alpha value is -0.580. The lowest BCUT2D eigenvalue weighted by Crippen LogP contribution is -2.10. The summed E-state index contributed by atoms with van der Waals surface area (Å²) in [4.78, 5) is 2.57. The summed E-state index contributed by atoms with van der Waals surface area (Å²) in [6, 6.07) is 0. The molecular formula is C16H32N3O2S-. The van der Waals surface area contributed by atoms with E-state index in [9.17, 15) is 8.76 Å². The van der Waals surface area contributed by atoms with Crippen LogP contribution in [0.4, 0.5) is 0 Å². The van der Waals surface area contributed by atoms with Crippen molar-refractivity contribution in [1.29, 1.82) is 0 Å². The second kappa shape index (κ2) is 16.8. The van der Waals surface area contributed by atoms with Crippen molar-refractivity contribution in [3.63, 3.8) is 0 Å². The monoisotopic (exact) mass is 330 g/mol. The fourth-order valence-corrected chi connectivity index (χ4v) is 3.07. The van der Waals surface area contributed by atoms with Crippen LogP contribution in [0.2, 0.25) is 0 Å². The minimum Gasteiger partial charge on any atom is -0.772 e. The van der Waals surface area contributed by atoms with Crippen molar-refractivity contribution in [2.24, 2.45) is 5.11 Å². The molecule has 0 spiro atoms. The van der Waals surface area contributed by atoms with E-state index in [4.69, 9.17) is 5.53 Å². The summed E-state index contributed by atoms with van der Waals surface area (Å²) in [7, 11) is 0. The van der Waals surface area contributed by atoms with Crippen LogP contribution in [0.1, 0.15) is 96.8 Å². The lowest BCUT2D eigenvalue weighted by Gasteiger charge is -2.13. The molecule has 6 heteroatoms. The van der Waals surface area contributed by atoms with Crippen LogP contribution in [0.15, 0.2) is 5.11 Å². The molecule has 130 valence electrons. The molecule has 2 atom stereocenters. The van der Waals surface area contributed by atoms with Crippen molar-refractivity contribution >= 4 is 11.1 Å². The maximum Gasteiger partial charge on any atom is 0.100 e. The van der Waals surface area contributed by atoms with Crippen LogP contribution in [0.5, 0.6) is 0 Å². The molecule has 0 aromatic heterocycles. The molecule has 0 saturated carbocycles. The molecule has 22 heavy (non-hydrogen) atoms.